The summed E-state index contributed by atoms with van der Waals surface area (Å²) in [5.41, 5.74) is -1.25. The molecule has 1 heterocycles. The van der Waals surface area contributed by atoms with Crippen molar-refractivity contribution in [2.24, 2.45) is 0 Å². The van der Waals surface area contributed by atoms with Crippen LogP contribution in [-0.2, 0) is 38.1 Å². The van der Waals surface area contributed by atoms with Crippen LogP contribution in [0.25, 0.3) is 0 Å². The van der Waals surface area contributed by atoms with Gasteiger partial charge in [-0.05, 0) is 74.8 Å². The predicted molar refractivity (Wildman–Crippen MR) is 139 cm³/mol. The Labute approximate surface area is 222 Å². The molecule has 0 spiro atoms. The summed E-state index contributed by atoms with van der Waals surface area (Å²) in [5, 5.41) is 3.17. The van der Waals surface area contributed by atoms with Crippen molar-refractivity contribution in [1.29, 1.82) is 0 Å². The Hall–Kier alpha value is -2.19. The molecule has 1 aliphatic rings. The van der Waals surface area contributed by atoms with Crippen molar-refractivity contribution in [3.8, 4) is 12.3 Å². The van der Waals surface area contributed by atoms with Crippen LogP contribution < -0.4 is 5.32 Å². The average Bonchev–Trinajstić information content (AvgIpc) is 2.74. The van der Waals surface area contributed by atoms with Crippen LogP contribution in [0.2, 0.25) is 0 Å². The molecule has 37 heavy (non-hydrogen) atoms. The quantitative estimate of drug-likeness (QED) is 0.193. The summed E-state index contributed by atoms with van der Waals surface area (Å²) >= 11 is 0. The standard InChI is InChI=1S/C27H46N2O8/c1-10-17-35-21(18-29-16-14-19(29)23(30)33-11-2)22(25(32)34-12-3)28-15-13-20(36-26(4,5)6)24(31)37-27(7,8)9/h1,19-22,28H,11-18H2,2-9H3/t19-,20-,21?,22-/m0/s1. The van der Waals surface area contributed by atoms with Gasteiger partial charge < -0.3 is 29.0 Å². The highest BCUT2D eigenvalue weighted by molar-refractivity contribution is 5.78. The van der Waals surface area contributed by atoms with E-state index in [4.69, 9.17) is 30.1 Å². The maximum atomic E-state index is 12.9. The van der Waals surface area contributed by atoms with E-state index in [-0.39, 0.29) is 38.7 Å². The van der Waals surface area contributed by atoms with Crippen LogP contribution in [0.1, 0.15) is 68.2 Å². The van der Waals surface area contributed by atoms with Gasteiger partial charge in [0.05, 0.1) is 24.9 Å². The van der Waals surface area contributed by atoms with Gasteiger partial charge in [-0.3, -0.25) is 14.5 Å². The van der Waals surface area contributed by atoms with Crippen molar-refractivity contribution < 1.29 is 38.1 Å². The molecule has 0 aliphatic carbocycles. The van der Waals surface area contributed by atoms with Gasteiger partial charge in [0.15, 0.2) is 6.10 Å². The minimum atomic E-state index is -0.884. The number of hydrogen-bond donors (Lipinski definition) is 1. The summed E-state index contributed by atoms with van der Waals surface area (Å²) in [6.07, 6.45) is 4.79. The first-order valence-electron chi connectivity index (χ1n) is 13.0. The number of terminal acetylenes is 1. The van der Waals surface area contributed by atoms with E-state index in [2.05, 4.69) is 11.2 Å². The van der Waals surface area contributed by atoms with Gasteiger partial charge in [-0.25, -0.2) is 4.79 Å². The van der Waals surface area contributed by atoms with Crippen LogP contribution in [0, 0.1) is 12.3 Å². The Morgan fingerprint density at radius 2 is 1.68 bits per heavy atom. The van der Waals surface area contributed by atoms with Gasteiger partial charge in [0, 0.05) is 13.1 Å². The van der Waals surface area contributed by atoms with E-state index in [9.17, 15) is 14.4 Å². The summed E-state index contributed by atoms with van der Waals surface area (Å²) in [6, 6.07) is -1.28. The fourth-order valence-corrected chi connectivity index (χ4v) is 3.79. The zero-order valence-electron chi connectivity index (χ0n) is 23.8. The van der Waals surface area contributed by atoms with Gasteiger partial charge in [-0.2, -0.15) is 0 Å². The number of carbonyl (C=O) groups is 3. The lowest BCUT2D eigenvalue weighted by atomic mass is 10.0. The number of esters is 3. The maximum absolute atomic E-state index is 12.9. The molecule has 0 aromatic rings. The highest BCUT2D eigenvalue weighted by Crippen LogP contribution is 2.21. The molecule has 4 atom stereocenters. The minimum Gasteiger partial charge on any atom is -0.465 e. The second-order valence-corrected chi connectivity index (χ2v) is 10.8. The number of nitrogens with zero attached hydrogens (tertiary/aromatic N) is 1. The molecule has 1 saturated heterocycles. The van der Waals surface area contributed by atoms with Gasteiger partial charge in [0.1, 0.15) is 24.3 Å². The molecule has 0 bridgehead atoms. The largest absolute Gasteiger partial charge is 0.465 e. The first-order valence-corrected chi connectivity index (χ1v) is 13.0. The van der Waals surface area contributed by atoms with Crippen LogP contribution in [0.4, 0.5) is 0 Å². The average molecular weight is 527 g/mol. The number of hydrogen-bond acceptors (Lipinski definition) is 10. The van der Waals surface area contributed by atoms with Crippen LogP contribution in [-0.4, -0.2) is 97.8 Å². The summed E-state index contributed by atoms with van der Waals surface area (Å²) in [7, 11) is 0. The molecule has 0 aromatic carbocycles. The van der Waals surface area contributed by atoms with E-state index in [0.29, 0.717) is 19.6 Å². The first-order chi connectivity index (χ1) is 17.2. The molecule has 212 valence electrons. The maximum Gasteiger partial charge on any atom is 0.335 e. The Morgan fingerprint density at radius 1 is 1.03 bits per heavy atom. The van der Waals surface area contributed by atoms with Crippen molar-refractivity contribution in [2.75, 3.05) is 39.5 Å². The number of ether oxygens (including phenoxy) is 5. The Balaban J connectivity index is 3.01. The summed E-state index contributed by atoms with van der Waals surface area (Å²) < 4.78 is 27.8. The Morgan fingerprint density at radius 3 is 2.16 bits per heavy atom. The van der Waals surface area contributed by atoms with Crippen LogP contribution in [0.15, 0.2) is 0 Å². The molecule has 1 aliphatic heterocycles. The number of rotatable bonds is 15. The number of nitrogens with one attached hydrogen (secondary N) is 1. The summed E-state index contributed by atoms with van der Waals surface area (Å²) in [6.45, 7) is 16.1. The van der Waals surface area contributed by atoms with Crippen LogP contribution in [0.3, 0.4) is 0 Å². The smallest absolute Gasteiger partial charge is 0.335 e. The first kappa shape index (κ1) is 32.8. The monoisotopic (exact) mass is 526 g/mol. The molecule has 1 rings (SSSR count). The van der Waals surface area contributed by atoms with Crippen molar-refractivity contribution in [3.63, 3.8) is 0 Å². The van der Waals surface area contributed by atoms with Gasteiger partial charge in [0.2, 0.25) is 0 Å². The lowest BCUT2D eigenvalue weighted by molar-refractivity contribution is -0.177. The van der Waals surface area contributed by atoms with Gasteiger partial charge in [0.25, 0.3) is 0 Å². The van der Waals surface area contributed by atoms with E-state index in [1.54, 1.807) is 34.6 Å². The normalized spacial score (nSPS) is 18.6. The third-order valence-corrected chi connectivity index (χ3v) is 5.33. The van der Waals surface area contributed by atoms with Crippen molar-refractivity contribution in [1.82, 2.24) is 10.2 Å². The summed E-state index contributed by atoms with van der Waals surface area (Å²) in [4.78, 5) is 39.9. The molecular weight excluding hydrogens is 480 g/mol. The zero-order valence-corrected chi connectivity index (χ0v) is 23.8. The Kier molecular flexibility index (Phi) is 13.6. The molecule has 10 nitrogen and oxygen atoms in total. The second-order valence-electron chi connectivity index (χ2n) is 10.8. The molecule has 1 unspecified atom stereocenters. The molecular formula is C27H46N2O8. The van der Waals surface area contributed by atoms with Crippen molar-refractivity contribution >= 4 is 17.9 Å². The minimum absolute atomic E-state index is 0.0200. The topological polar surface area (TPSA) is 113 Å². The van der Waals surface area contributed by atoms with Crippen molar-refractivity contribution in [3.05, 3.63) is 0 Å². The zero-order chi connectivity index (χ0) is 28.2. The van der Waals surface area contributed by atoms with E-state index in [1.807, 2.05) is 25.7 Å². The van der Waals surface area contributed by atoms with Crippen molar-refractivity contribution in [2.45, 2.75) is 104 Å². The fraction of sp³-hybridized carbons (Fsp3) is 0.815. The third kappa shape index (κ3) is 12.3. The van der Waals surface area contributed by atoms with E-state index < -0.39 is 47.4 Å². The highest BCUT2D eigenvalue weighted by Gasteiger charge is 2.40. The SMILES string of the molecule is C#CCOC(CN1CC[C@H]1C(=O)OCC)[C@H](NCC[C@H](OC(C)(C)C)C(=O)OC(C)(C)C)C(=O)OCC. The molecule has 0 radical (unpaired) electrons. The van der Waals surface area contributed by atoms with E-state index in [0.717, 1.165) is 0 Å². The van der Waals surface area contributed by atoms with Crippen LogP contribution in [0.5, 0.6) is 0 Å². The van der Waals surface area contributed by atoms with E-state index >= 15 is 0 Å². The fourth-order valence-electron chi connectivity index (χ4n) is 3.79. The number of carbonyl (C=O) groups excluding carboxylic acids is 3. The molecule has 0 saturated carbocycles. The molecule has 0 amide bonds. The van der Waals surface area contributed by atoms with Gasteiger partial charge in [-0.1, -0.05) is 5.92 Å². The van der Waals surface area contributed by atoms with Gasteiger partial charge >= 0.3 is 17.9 Å². The molecule has 1 N–H and O–H groups in total. The van der Waals surface area contributed by atoms with E-state index in [1.165, 1.54) is 0 Å². The lowest BCUT2D eigenvalue weighted by Gasteiger charge is -2.41. The van der Waals surface area contributed by atoms with Crippen LogP contribution >= 0.6 is 0 Å². The molecule has 1 fully saturated rings. The molecule has 10 heteroatoms. The third-order valence-electron chi connectivity index (χ3n) is 5.33. The Bertz CT molecular complexity index is 781. The van der Waals surface area contributed by atoms with Gasteiger partial charge in [-0.15, -0.1) is 6.42 Å². The second kappa shape index (κ2) is 15.3. The highest BCUT2D eigenvalue weighted by atomic mass is 16.6. The summed E-state index contributed by atoms with van der Waals surface area (Å²) in [5.74, 6) is 1.14. The molecule has 0 aromatic heterocycles. The lowest BCUT2D eigenvalue weighted by Crippen LogP contribution is -2.60. The predicted octanol–water partition coefficient (Wildman–Crippen LogP) is 2.08. The number of likely N-dealkylation sites (tertiary alicyclic amines) is 1.